The highest BCUT2D eigenvalue weighted by molar-refractivity contribution is 9.10. The number of carbonyl (C=O) groups is 1. The molecule has 24 heavy (non-hydrogen) atoms. The fourth-order valence-corrected chi connectivity index (χ4v) is 3.87. The van der Waals surface area contributed by atoms with Crippen molar-refractivity contribution in [3.63, 3.8) is 0 Å². The summed E-state index contributed by atoms with van der Waals surface area (Å²) in [6.07, 6.45) is 0. The second-order valence-electron chi connectivity index (χ2n) is 5.79. The maximum absolute atomic E-state index is 12.7. The summed E-state index contributed by atoms with van der Waals surface area (Å²) in [5.41, 5.74) is 1.67. The molecule has 1 aliphatic heterocycles. The largest absolute Gasteiger partial charge is 0.336 e. The fourth-order valence-electron chi connectivity index (χ4n) is 2.86. The predicted octanol–water partition coefficient (Wildman–Crippen LogP) is 4.71. The maximum atomic E-state index is 12.7. The van der Waals surface area contributed by atoms with Crippen LogP contribution in [-0.2, 0) is 6.54 Å². The number of nitrogens with zero attached hydrogens (tertiary/aromatic N) is 2. The van der Waals surface area contributed by atoms with Crippen LogP contribution in [0.5, 0.6) is 0 Å². The molecule has 1 fully saturated rings. The van der Waals surface area contributed by atoms with Crippen molar-refractivity contribution in [2.24, 2.45) is 0 Å². The normalized spacial score (nSPS) is 15.5. The lowest BCUT2D eigenvalue weighted by Crippen LogP contribution is -2.48. The van der Waals surface area contributed by atoms with Crippen molar-refractivity contribution < 1.29 is 4.79 Å². The van der Waals surface area contributed by atoms with Gasteiger partial charge in [-0.2, -0.15) is 0 Å². The van der Waals surface area contributed by atoms with Crippen molar-refractivity contribution in [1.29, 1.82) is 0 Å². The van der Waals surface area contributed by atoms with Crippen molar-refractivity contribution in [3.8, 4) is 0 Å². The molecule has 0 unspecified atom stereocenters. The standard InChI is InChI=1S/C18H17BrCl2N2O/c19-14-4-1-3-13(11-14)12-22-7-9-23(10-8-22)18(24)17-15(20)5-2-6-16(17)21/h1-6,11H,7-10,12H2. The Balaban J connectivity index is 1.62. The predicted molar refractivity (Wildman–Crippen MR) is 102 cm³/mol. The third-order valence-corrected chi connectivity index (χ3v) is 5.25. The minimum Gasteiger partial charge on any atom is -0.336 e. The first-order chi connectivity index (χ1) is 11.5. The highest BCUT2D eigenvalue weighted by Crippen LogP contribution is 2.26. The number of piperazine rings is 1. The van der Waals surface area contributed by atoms with Gasteiger partial charge in [0.2, 0.25) is 0 Å². The summed E-state index contributed by atoms with van der Waals surface area (Å²) in [6.45, 7) is 3.90. The van der Waals surface area contributed by atoms with Crippen molar-refractivity contribution in [2.45, 2.75) is 6.54 Å². The Labute approximate surface area is 160 Å². The van der Waals surface area contributed by atoms with E-state index < -0.39 is 0 Å². The molecule has 1 heterocycles. The van der Waals surface area contributed by atoms with Gasteiger partial charge in [0.25, 0.3) is 5.91 Å². The molecule has 2 aromatic rings. The highest BCUT2D eigenvalue weighted by Gasteiger charge is 2.25. The van der Waals surface area contributed by atoms with Crippen LogP contribution >= 0.6 is 39.1 Å². The van der Waals surface area contributed by atoms with Gasteiger partial charge in [0.05, 0.1) is 15.6 Å². The number of hydrogen-bond donors (Lipinski definition) is 0. The molecule has 0 radical (unpaired) electrons. The van der Waals surface area contributed by atoms with Crippen molar-refractivity contribution in [3.05, 3.63) is 68.1 Å². The van der Waals surface area contributed by atoms with Gasteiger partial charge in [-0.05, 0) is 29.8 Å². The van der Waals surface area contributed by atoms with E-state index in [1.807, 2.05) is 17.0 Å². The summed E-state index contributed by atoms with van der Waals surface area (Å²) in [4.78, 5) is 16.9. The number of amides is 1. The number of carbonyl (C=O) groups excluding carboxylic acids is 1. The summed E-state index contributed by atoms with van der Waals surface area (Å²) in [7, 11) is 0. The zero-order chi connectivity index (χ0) is 17.1. The lowest BCUT2D eigenvalue weighted by molar-refractivity contribution is 0.0629. The van der Waals surface area contributed by atoms with Crippen LogP contribution in [0.4, 0.5) is 0 Å². The first-order valence-corrected chi connectivity index (χ1v) is 9.29. The molecule has 0 N–H and O–H groups in total. The van der Waals surface area contributed by atoms with Gasteiger partial charge in [0, 0.05) is 37.2 Å². The molecular formula is C18H17BrCl2N2O. The number of rotatable bonds is 3. The summed E-state index contributed by atoms with van der Waals surface area (Å²) in [6, 6.07) is 13.4. The molecule has 3 nitrogen and oxygen atoms in total. The Hall–Kier alpha value is -1.07. The van der Waals surface area contributed by atoms with Gasteiger partial charge in [0.1, 0.15) is 0 Å². The molecule has 0 spiro atoms. The zero-order valence-electron chi connectivity index (χ0n) is 13.0. The number of benzene rings is 2. The Morgan fingerprint density at radius 1 is 1.00 bits per heavy atom. The first kappa shape index (κ1) is 17.7. The molecule has 0 aromatic heterocycles. The second kappa shape index (κ2) is 7.87. The molecule has 126 valence electrons. The van der Waals surface area contributed by atoms with Crippen LogP contribution in [0, 0.1) is 0 Å². The molecule has 0 saturated carbocycles. The van der Waals surface area contributed by atoms with E-state index in [2.05, 4.69) is 33.0 Å². The molecular weight excluding hydrogens is 411 g/mol. The van der Waals surface area contributed by atoms with Gasteiger partial charge in [0.15, 0.2) is 0 Å². The van der Waals surface area contributed by atoms with Crippen LogP contribution in [0.3, 0.4) is 0 Å². The van der Waals surface area contributed by atoms with Gasteiger partial charge in [-0.3, -0.25) is 9.69 Å². The third-order valence-electron chi connectivity index (χ3n) is 4.13. The fraction of sp³-hybridized carbons (Fsp3) is 0.278. The van der Waals surface area contributed by atoms with Gasteiger partial charge >= 0.3 is 0 Å². The van der Waals surface area contributed by atoms with Gasteiger partial charge in [-0.15, -0.1) is 0 Å². The summed E-state index contributed by atoms with van der Waals surface area (Å²) < 4.78 is 1.09. The summed E-state index contributed by atoms with van der Waals surface area (Å²) in [5.74, 6) is -0.0901. The molecule has 3 rings (SSSR count). The molecule has 1 aliphatic rings. The average molecular weight is 428 g/mol. The average Bonchev–Trinajstić information content (AvgIpc) is 2.55. The molecule has 1 saturated heterocycles. The molecule has 6 heteroatoms. The van der Waals surface area contributed by atoms with E-state index in [4.69, 9.17) is 23.2 Å². The van der Waals surface area contributed by atoms with Crippen molar-refractivity contribution >= 4 is 45.0 Å². The monoisotopic (exact) mass is 426 g/mol. The highest BCUT2D eigenvalue weighted by atomic mass is 79.9. The lowest BCUT2D eigenvalue weighted by atomic mass is 10.1. The molecule has 0 aliphatic carbocycles. The van der Waals surface area contributed by atoms with E-state index in [9.17, 15) is 4.79 Å². The van der Waals surface area contributed by atoms with E-state index >= 15 is 0 Å². The van der Waals surface area contributed by atoms with E-state index in [0.717, 1.165) is 24.1 Å². The van der Waals surface area contributed by atoms with Crippen LogP contribution < -0.4 is 0 Å². The quantitative estimate of drug-likeness (QED) is 0.707. The molecule has 0 bridgehead atoms. The number of halogens is 3. The lowest BCUT2D eigenvalue weighted by Gasteiger charge is -2.35. The topological polar surface area (TPSA) is 23.6 Å². The van der Waals surface area contributed by atoms with Crippen molar-refractivity contribution in [2.75, 3.05) is 26.2 Å². The summed E-state index contributed by atoms with van der Waals surface area (Å²) in [5, 5.41) is 0.813. The van der Waals surface area contributed by atoms with Crippen LogP contribution in [0.2, 0.25) is 10.0 Å². The molecule has 1 amide bonds. The smallest absolute Gasteiger partial charge is 0.256 e. The van der Waals surface area contributed by atoms with E-state index in [-0.39, 0.29) is 5.91 Å². The molecule has 2 aromatic carbocycles. The van der Waals surface area contributed by atoms with Crippen LogP contribution in [-0.4, -0.2) is 41.9 Å². The third kappa shape index (κ3) is 4.12. The maximum Gasteiger partial charge on any atom is 0.256 e. The van der Waals surface area contributed by atoms with Crippen LogP contribution in [0.15, 0.2) is 46.9 Å². The Morgan fingerprint density at radius 2 is 1.62 bits per heavy atom. The van der Waals surface area contributed by atoms with E-state index in [1.165, 1.54) is 5.56 Å². The van der Waals surface area contributed by atoms with Gasteiger partial charge < -0.3 is 4.90 Å². The zero-order valence-corrected chi connectivity index (χ0v) is 16.1. The molecule has 0 atom stereocenters. The van der Waals surface area contributed by atoms with Gasteiger partial charge in [-0.1, -0.05) is 57.3 Å². The van der Waals surface area contributed by atoms with E-state index in [1.54, 1.807) is 18.2 Å². The Kier molecular flexibility index (Phi) is 5.82. The van der Waals surface area contributed by atoms with Crippen molar-refractivity contribution in [1.82, 2.24) is 9.80 Å². The SMILES string of the molecule is O=C(c1c(Cl)cccc1Cl)N1CCN(Cc2cccc(Br)c2)CC1. The van der Waals surface area contributed by atoms with Crippen LogP contribution in [0.25, 0.3) is 0 Å². The first-order valence-electron chi connectivity index (χ1n) is 7.74. The number of hydrogen-bond acceptors (Lipinski definition) is 2. The minimum absolute atomic E-state index is 0.0901. The second-order valence-corrected chi connectivity index (χ2v) is 7.53. The van der Waals surface area contributed by atoms with Gasteiger partial charge in [-0.25, -0.2) is 0 Å². The minimum atomic E-state index is -0.0901. The Morgan fingerprint density at radius 3 is 2.25 bits per heavy atom. The Bertz CT molecular complexity index is 725. The summed E-state index contributed by atoms with van der Waals surface area (Å²) >= 11 is 15.8. The van der Waals surface area contributed by atoms with E-state index in [0.29, 0.717) is 28.7 Å². The van der Waals surface area contributed by atoms with Crippen LogP contribution in [0.1, 0.15) is 15.9 Å².